The highest BCUT2D eigenvalue weighted by Gasteiger charge is 2.15. The van der Waals surface area contributed by atoms with Gasteiger partial charge in [0.15, 0.2) is 0 Å². The molecular weight excluding hydrogens is 260 g/mol. The lowest BCUT2D eigenvalue weighted by atomic mass is 9.98. The molecule has 2 aromatic rings. The summed E-state index contributed by atoms with van der Waals surface area (Å²) in [6.07, 6.45) is 2.24. The largest absolute Gasteiger partial charge is 0.345 e. The number of hydrogen-bond acceptors (Lipinski definition) is 2. The third-order valence-electron chi connectivity index (χ3n) is 3.43. The van der Waals surface area contributed by atoms with E-state index in [-0.39, 0.29) is 11.9 Å². The molecule has 0 spiro atoms. The molecule has 0 radical (unpaired) electrons. The normalized spacial score (nSPS) is 10.6. The lowest BCUT2D eigenvalue weighted by Crippen LogP contribution is -2.29. The molecule has 0 bridgehead atoms. The highest BCUT2D eigenvalue weighted by atomic mass is 16.1. The Morgan fingerprint density at radius 2 is 1.43 bits per heavy atom. The van der Waals surface area contributed by atoms with Gasteiger partial charge in [0.2, 0.25) is 5.91 Å². The van der Waals surface area contributed by atoms with Gasteiger partial charge in [-0.1, -0.05) is 60.7 Å². The first-order chi connectivity index (χ1) is 10.3. The summed E-state index contributed by atoms with van der Waals surface area (Å²) >= 11 is 0. The number of unbranched alkanes of at least 4 members (excludes halogenated alkanes) is 1. The standard InChI is InChI=1S/C18H22N2O/c19-14-8-7-13-17(21)20-18(15-9-3-1-4-10-15)16-11-5-2-6-12-16/h1-6,9-12,18H,7-8,13-14,19H2,(H,20,21). The first kappa shape index (κ1) is 15.3. The molecule has 110 valence electrons. The van der Waals surface area contributed by atoms with Gasteiger partial charge in [0.1, 0.15) is 0 Å². The Balaban J connectivity index is 2.12. The van der Waals surface area contributed by atoms with Crippen molar-refractivity contribution in [3.05, 3.63) is 71.8 Å². The molecule has 2 aromatic carbocycles. The molecule has 3 nitrogen and oxygen atoms in total. The molecule has 0 aliphatic rings. The van der Waals surface area contributed by atoms with Crippen LogP contribution in [0.3, 0.4) is 0 Å². The minimum absolute atomic E-state index is 0.0705. The van der Waals surface area contributed by atoms with Crippen molar-refractivity contribution < 1.29 is 4.79 Å². The van der Waals surface area contributed by atoms with Crippen LogP contribution in [0.5, 0.6) is 0 Å². The molecule has 0 aromatic heterocycles. The van der Waals surface area contributed by atoms with E-state index in [4.69, 9.17) is 5.73 Å². The molecule has 0 atom stereocenters. The molecule has 0 saturated heterocycles. The number of nitrogens with two attached hydrogens (primary N) is 1. The van der Waals surface area contributed by atoms with Gasteiger partial charge in [0.25, 0.3) is 0 Å². The molecule has 0 fully saturated rings. The highest BCUT2D eigenvalue weighted by Crippen LogP contribution is 2.21. The van der Waals surface area contributed by atoms with Crippen molar-refractivity contribution in [1.29, 1.82) is 0 Å². The van der Waals surface area contributed by atoms with Crippen molar-refractivity contribution in [2.24, 2.45) is 5.73 Å². The third-order valence-corrected chi connectivity index (χ3v) is 3.43. The van der Waals surface area contributed by atoms with Gasteiger partial charge in [-0.2, -0.15) is 0 Å². The van der Waals surface area contributed by atoms with Crippen LogP contribution in [0.25, 0.3) is 0 Å². The van der Waals surface area contributed by atoms with Crippen molar-refractivity contribution in [3.8, 4) is 0 Å². The molecule has 0 heterocycles. The van der Waals surface area contributed by atoms with Crippen LogP contribution < -0.4 is 11.1 Å². The fourth-order valence-electron chi connectivity index (χ4n) is 2.31. The number of nitrogens with one attached hydrogen (secondary N) is 1. The monoisotopic (exact) mass is 282 g/mol. The number of benzene rings is 2. The Morgan fingerprint density at radius 1 is 0.905 bits per heavy atom. The number of carbonyl (C=O) groups is 1. The SMILES string of the molecule is NCCCCC(=O)NC(c1ccccc1)c1ccccc1. The quantitative estimate of drug-likeness (QED) is 0.767. The summed E-state index contributed by atoms with van der Waals surface area (Å²) in [7, 11) is 0. The molecule has 0 aliphatic heterocycles. The topological polar surface area (TPSA) is 55.1 Å². The van der Waals surface area contributed by atoms with Crippen LogP contribution in [-0.4, -0.2) is 12.5 Å². The molecule has 3 N–H and O–H groups in total. The summed E-state index contributed by atoms with van der Waals surface area (Å²) in [6, 6.07) is 20.0. The van der Waals surface area contributed by atoms with Crippen molar-refractivity contribution in [1.82, 2.24) is 5.32 Å². The highest BCUT2D eigenvalue weighted by molar-refractivity contribution is 5.77. The summed E-state index contributed by atoms with van der Waals surface area (Å²) in [5, 5.41) is 3.13. The Hall–Kier alpha value is -2.13. The van der Waals surface area contributed by atoms with Crippen LogP contribution in [-0.2, 0) is 4.79 Å². The number of rotatable bonds is 7. The van der Waals surface area contributed by atoms with E-state index >= 15 is 0 Å². The molecule has 0 saturated carbocycles. The fourth-order valence-corrected chi connectivity index (χ4v) is 2.31. The molecule has 2 rings (SSSR count). The van der Waals surface area contributed by atoms with Crippen LogP contribution in [0.15, 0.2) is 60.7 Å². The van der Waals surface area contributed by atoms with Crippen molar-refractivity contribution >= 4 is 5.91 Å². The number of hydrogen-bond donors (Lipinski definition) is 2. The maximum Gasteiger partial charge on any atom is 0.220 e. The van der Waals surface area contributed by atoms with E-state index in [0.717, 1.165) is 24.0 Å². The molecule has 0 aliphatic carbocycles. The second-order valence-corrected chi connectivity index (χ2v) is 5.07. The summed E-state index contributed by atoms with van der Waals surface area (Å²) in [4.78, 5) is 12.1. The zero-order valence-electron chi connectivity index (χ0n) is 12.2. The Morgan fingerprint density at radius 3 is 1.90 bits per heavy atom. The van der Waals surface area contributed by atoms with E-state index in [1.54, 1.807) is 0 Å². The van der Waals surface area contributed by atoms with E-state index in [0.29, 0.717) is 13.0 Å². The van der Waals surface area contributed by atoms with Gasteiger partial charge < -0.3 is 11.1 Å². The van der Waals surface area contributed by atoms with Gasteiger partial charge in [-0.3, -0.25) is 4.79 Å². The second-order valence-electron chi connectivity index (χ2n) is 5.07. The van der Waals surface area contributed by atoms with Crippen LogP contribution in [0.1, 0.15) is 36.4 Å². The summed E-state index contributed by atoms with van der Waals surface area (Å²) in [5.74, 6) is 0.0705. The average molecular weight is 282 g/mol. The van der Waals surface area contributed by atoms with Gasteiger partial charge >= 0.3 is 0 Å². The van der Waals surface area contributed by atoms with Gasteiger partial charge in [-0.15, -0.1) is 0 Å². The zero-order chi connectivity index (χ0) is 14.9. The number of amides is 1. The number of carbonyl (C=O) groups excluding carboxylic acids is 1. The first-order valence-corrected chi connectivity index (χ1v) is 7.40. The van der Waals surface area contributed by atoms with Crippen LogP contribution >= 0.6 is 0 Å². The predicted molar refractivity (Wildman–Crippen MR) is 85.8 cm³/mol. The van der Waals surface area contributed by atoms with Crippen LogP contribution in [0, 0.1) is 0 Å². The maximum absolute atomic E-state index is 12.1. The minimum atomic E-state index is -0.0993. The second kappa shape index (κ2) is 8.22. The van der Waals surface area contributed by atoms with Crippen molar-refractivity contribution in [3.63, 3.8) is 0 Å². The van der Waals surface area contributed by atoms with E-state index < -0.39 is 0 Å². The third kappa shape index (κ3) is 4.72. The fraction of sp³-hybridized carbons (Fsp3) is 0.278. The molecule has 3 heteroatoms. The van der Waals surface area contributed by atoms with Crippen LogP contribution in [0.2, 0.25) is 0 Å². The molecule has 0 unspecified atom stereocenters. The Bertz CT molecular complexity index is 500. The van der Waals surface area contributed by atoms with E-state index in [1.165, 1.54) is 0 Å². The predicted octanol–water partition coefficient (Wildman–Crippen LogP) is 3.02. The van der Waals surface area contributed by atoms with Gasteiger partial charge in [0, 0.05) is 6.42 Å². The van der Waals surface area contributed by atoms with Crippen LogP contribution in [0.4, 0.5) is 0 Å². The summed E-state index contributed by atoms with van der Waals surface area (Å²) < 4.78 is 0. The minimum Gasteiger partial charge on any atom is -0.345 e. The first-order valence-electron chi connectivity index (χ1n) is 7.40. The molecular formula is C18H22N2O. The van der Waals surface area contributed by atoms with Crippen molar-refractivity contribution in [2.75, 3.05) is 6.54 Å². The van der Waals surface area contributed by atoms with Gasteiger partial charge in [-0.25, -0.2) is 0 Å². The van der Waals surface area contributed by atoms with E-state index in [1.807, 2.05) is 60.7 Å². The zero-order valence-corrected chi connectivity index (χ0v) is 12.2. The Labute approximate surface area is 126 Å². The summed E-state index contributed by atoms with van der Waals surface area (Å²) in [5.41, 5.74) is 7.65. The maximum atomic E-state index is 12.1. The lowest BCUT2D eigenvalue weighted by molar-refractivity contribution is -0.121. The van der Waals surface area contributed by atoms with Gasteiger partial charge in [0.05, 0.1) is 6.04 Å². The van der Waals surface area contributed by atoms with E-state index in [2.05, 4.69) is 5.32 Å². The average Bonchev–Trinajstić information content (AvgIpc) is 2.54. The van der Waals surface area contributed by atoms with Gasteiger partial charge in [-0.05, 0) is 30.5 Å². The molecule has 1 amide bonds. The summed E-state index contributed by atoms with van der Waals surface area (Å²) in [6.45, 7) is 0.633. The smallest absolute Gasteiger partial charge is 0.220 e. The van der Waals surface area contributed by atoms with Crippen molar-refractivity contribution in [2.45, 2.75) is 25.3 Å². The van der Waals surface area contributed by atoms with E-state index in [9.17, 15) is 4.79 Å². The lowest BCUT2D eigenvalue weighted by Gasteiger charge is -2.20. The molecule has 21 heavy (non-hydrogen) atoms. The Kier molecular flexibility index (Phi) is 5.98.